The maximum atomic E-state index is 4.66. The Morgan fingerprint density at radius 2 is 2.12 bits per heavy atom. The van der Waals surface area contributed by atoms with Gasteiger partial charge in [-0.3, -0.25) is 4.90 Å². The Bertz CT molecular complexity index is 319. The van der Waals surface area contributed by atoms with Crippen molar-refractivity contribution in [3.63, 3.8) is 0 Å². The maximum Gasteiger partial charge on any atom is 0.105 e. The van der Waals surface area contributed by atoms with Crippen LogP contribution in [0.2, 0.25) is 0 Å². The molecule has 0 spiro atoms. The minimum Gasteiger partial charge on any atom is -0.338 e. The molecule has 0 saturated carbocycles. The fourth-order valence-corrected chi connectivity index (χ4v) is 2.41. The predicted octanol–water partition coefficient (Wildman–Crippen LogP) is 1.08. The van der Waals surface area contributed by atoms with E-state index in [4.69, 9.17) is 0 Å². The summed E-state index contributed by atoms with van der Waals surface area (Å²) in [5, 5.41) is 3.28. The smallest absolute Gasteiger partial charge is 0.105 e. The molecule has 0 amide bonds. The van der Waals surface area contributed by atoms with Crippen molar-refractivity contribution in [3.05, 3.63) is 17.7 Å². The van der Waals surface area contributed by atoms with Crippen molar-refractivity contribution in [1.82, 2.24) is 19.8 Å². The van der Waals surface area contributed by atoms with Gasteiger partial charge >= 0.3 is 0 Å². The number of aromatic nitrogens is 2. The molecular weight excluding hydrogens is 200 g/mol. The third-order valence-corrected chi connectivity index (χ3v) is 3.45. The molecule has 2 heterocycles. The summed E-state index contributed by atoms with van der Waals surface area (Å²) in [5.74, 6) is 1.09. The van der Waals surface area contributed by atoms with E-state index in [1.165, 1.54) is 31.6 Å². The highest BCUT2D eigenvalue weighted by Crippen LogP contribution is 2.23. The van der Waals surface area contributed by atoms with Gasteiger partial charge in [-0.2, -0.15) is 0 Å². The molecule has 90 valence electrons. The zero-order valence-electron chi connectivity index (χ0n) is 10.5. The molecule has 0 radical (unpaired) electrons. The third-order valence-electron chi connectivity index (χ3n) is 3.45. The summed E-state index contributed by atoms with van der Waals surface area (Å²) in [6, 6.07) is 0.437. The second-order valence-electron chi connectivity index (χ2n) is 4.64. The monoisotopic (exact) mass is 222 g/mol. The number of likely N-dealkylation sites (N-methyl/N-ethyl adjacent to an activating group) is 1. The van der Waals surface area contributed by atoms with Crippen molar-refractivity contribution in [2.75, 3.05) is 26.7 Å². The van der Waals surface area contributed by atoms with Crippen LogP contribution in [-0.4, -0.2) is 41.1 Å². The van der Waals surface area contributed by atoms with Crippen LogP contribution in [0.15, 0.2) is 6.20 Å². The molecule has 1 aliphatic rings. The molecule has 1 fully saturated rings. The van der Waals surface area contributed by atoms with Gasteiger partial charge in [0.15, 0.2) is 0 Å². The summed E-state index contributed by atoms with van der Waals surface area (Å²) < 4.78 is 2.11. The zero-order valence-corrected chi connectivity index (χ0v) is 10.5. The number of rotatable bonds is 4. The second-order valence-corrected chi connectivity index (χ2v) is 4.64. The standard InChI is InChI=1S/C12H22N4/c1-10-14-11(9-15(10)3)12(8-13-2)16-6-4-5-7-16/h9,12-13H,4-8H2,1-3H3. The number of nitrogens with one attached hydrogen (secondary N) is 1. The van der Waals surface area contributed by atoms with Gasteiger partial charge in [-0.25, -0.2) is 4.98 Å². The van der Waals surface area contributed by atoms with Gasteiger partial charge in [-0.1, -0.05) is 0 Å². The van der Waals surface area contributed by atoms with Gasteiger partial charge in [0.25, 0.3) is 0 Å². The van der Waals surface area contributed by atoms with Gasteiger partial charge in [0.2, 0.25) is 0 Å². The molecule has 4 nitrogen and oxygen atoms in total. The lowest BCUT2D eigenvalue weighted by Gasteiger charge is -2.25. The largest absolute Gasteiger partial charge is 0.338 e. The Balaban J connectivity index is 2.17. The number of likely N-dealkylation sites (tertiary alicyclic amines) is 1. The van der Waals surface area contributed by atoms with E-state index in [0.29, 0.717) is 6.04 Å². The zero-order chi connectivity index (χ0) is 11.5. The van der Waals surface area contributed by atoms with Gasteiger partial charge in [0.1, 0.15) is 5.82 Å². The summed E-state index contributed by atoms with van der Waals surface area (Å²) in [7, 11) is 4.07. The molecule has 1 unspecified atom stereocenters. The van der Waals surface area contributed by atoms with Crippen molar-refractivity contribution in [1.29, 1.82) is 0 Å². The highest BCUT2D eigenvalue weighted by atomic mass is 15.2. The molecule has 0 aromatic carbocycles. The van der Waals surface area contributed by atoms with Crippen LogP contribution in [0.5, 0.6) is 0 Å². The third kappa shape index (κ3) is 2.28. The van der Waals surface area contributed by atoms with Crippen molar-refractivity contribution in [3.8, 4) is 0 Å². The molecule has 0 bridgehead atoms. The molecule has 1 saturated heterocycles. The van der Waals surface area contributed by atoms with E-state index in [0.717, 1.165) is 12.4 Å². The summed E-state index contributed by atoms with van der Waals surface area (Å²) in [6.45, 7) is 5.46. The Morgan fingerprint density at radius 3 is 2.62 bits per heavy atom. The van der Waals surface area contributed by atoms with Gasteiger partial charge < -0.3 is 9.88 Å². The van der Waals surface area contributed by atoms with Crippen LogP contribution < -0.4 is 5.32 Å². The summed E-state index contributed by atoms with van der Waals surface area (Å²) in [5.41, 5.74) is 1.20. The fraction of sp³-hybridized carbons (Fsp3) is 0.750. The number of nitrogens with zero attached hydrogens (tertiary/aromatic N) is 3. The minimum atomic E-state index is 0.437. The van der Waals surface area contributed by atoms with Crippen LogP contribution in [0.25, 0.3) is 0 Å². The lowest BCUT2D eigenvalue weighted by atomic mass is 10.2. The Hall–Kier alpha value is -0.870. The summed E-state index contributed by atoms with van der Waals surface area (Å²) >= 11 is 0. The Morgan fingerprint density at radius 1 is 1.44 bits per heavy atom. The van der Waals surface area contributed by atoms with E-state index < -0.39 is 0 Å². The van der Waals surface area contributed by atoms with Crippen LogP contribution >= 0.6 is 0 Å². The fourth-order valence-electron chi connectivity index (χ4n) is 2.41. The molecule has 1 aromatic heterocycles. The molecule has 4 heteroatoms. The number of hydrogen-bond acceptors (Lipinski definition) is 3. The number of aryl methyl sites for hydroxylation is 2. The second kappa shape index (κ2) is 4.97. The van der Waals surface area contributed by atoms with Crippen molar-refractivity contribution < 1.29 is 0 Å². The molecule has 1 aliphatic heterocycles. The maximum absolute atomic E-state index is 4.66. The lowest BCUT2D eigenvalue weighted by Crippen LogP contribution is -2.33. The van der Waals surface area contributed by atoms with Gasteiger partial charge in [0.05, 0.1) is 11.7 Å². The van der Waals surface area contributed by atoms with Crippen molar-refractivity contribution in [2.45, 2.75) is 25.8 Å². The van der Waals surface area contributed by atoms with E-state index in [9.17, 15) is 0 Å². The molecule has 1 atom stereocenters. The first-order chi connectivity index (χ1) is 7.72. The predicted molar refractivity (Wildman–Crippen MR) is 65.4 cm³/mol. The van der Waals surface area contributed by atoms with E-state index in [1.54, 1.807) is 0 Å². The average molecular weight is 222 g/mol. The average Bonchev–Trinajstić information content (AvgIpc) is 2.86. The number of imidazole rings is 1. The Kier molecular flexibility index (Phi) is 3.61. The molecule has 1 N–H and O–H groups in total. The van der Waals surface area contributed by atoms with Crippen LogP contribution in [0, 0.1) is 6.92 Å². The van der Waals surface area contributed by atoms with E-state index in [2.05, 4.69) is 39.9 Å². The highest BCUT2D eigenvalue weighted by Gasteiger charge is 2.24. The normalized spacial score (nSPS) is 19.2. The van der Waals surface area contributed by atoms with Crippen LogP contribution in [-0.2, 0) is 7.05 Å². The van der Waals surface area contributed by atoms with E-state index in [1.807, 2.05) is 7.05 Å². The Labute approximate surface area is 97.7 Å². The van der Waals surface area contributed by atoms with Crippen LogP contribution in [0.3, 0.4) is 0 Å². The minimum absolute atomic E-state index is 0.437. The van der Waals surface area contributed by atoms with Crippen LogP contribution in [0.4, 0.5) is 0 Å². The number of hydrogen-bond donors (Lipinski definition) is 1. The summed E-state index contributed by atoms with van der Waals surface area (Å²) in [6.07, 6.45) is 4.81. The lowest BCUT2D eigenvalue weighted by molar-refractivity contribution is 0.238. The van der Waals surface area contributed by atoms with Crippen LogP contribution in [0.1, 0.15) is 30.4 Å². The SMILES string of the molecule is CNCC(c1cn(C)c(C)n1)N1CCCC1. The van der Waals surface area contributed by atoms with E-state index in [-0.39, 0.29) is 0 Å². The van der Waals surface area contributed by atoms with Crippen molar-refractivity contribution >= 4 is 0 Å². The van der Waals surface area contributed by atoms with Gasteiger partial charge in [0, 0.05) is 19.8 Å². The highest BCUT2D eigenvalue weighted by molar-refractivity contribution is 5.09. The molecule has 1 aromatic rings. The molecular formula is C12H22N4. The van der Waals surface area contributed by atoms with Gasteiger partial charge in [-0.05, 0) is 39.9 Å². The molecule has 2 rings (SSSR count). The van der Waals surface area contributed by atoms with Crippen molar-refractivity contribution in [2.24, 2.45) is 7.05 Å². The molecule has 0 aliphatic carbocycles. The first kappa shape index (κ1) is 11.6. The first-order valence-electron chi connectivity index (χ1n) is 6.11. The summed E-state index contributed by atoms with van der Waals surface area (Å²) in [4.78, 5) is 7.20. The van der Waals surface area contributed by atoms with E-state index >= 15 is 0 Å². The van der Waals surface area contributed by atoms with Gasteiger partial charge in [-0.15, -0.1) is 0 Å². The topological polar surface area (TPSA) is 33.1 Å². The molecule has 16 heavy (non-hydrogen) atoms. The first-order valence-corrected chi connectivity index (χ1v) is 6.11. The quantitative estimate of drug-likeness (QED) is 0.827.